The number of thiocarbonyl (C=S) groups is 1. The summed E-state index contributed by atoms with van der Waals surface area (Å²) in [5.74, 6) is -0.331. The van der Waals surface area contributed by atoms with E-state index in [1.54, 1.807) is 0 Å². The fourth-order valence-corrected chi connectivity index (χ4v) is 2.63. The van der Waals surface area contributed by atoms with Gasteiger partial charge in [0, 0.05) is 25.2 Å². The van der Waals surface area contributed by atoms with Gasteiger partial charge in [-0.05, 0) is 48.8 Å². The van der Waals surface area contributed by atoms with Crippen molar-refractivity contribution in [3.05, 3.63) is 65.2 Å². The molecule has 2 rings (SSSR count). The highest BCUT2D eigenvalue weighted by molar-refractivity contribution is 7.80. The first-order valence-electron chi connectivity index (χ1n) is 7.91. The van der Waals surface area contributed by atoms with Gasteiger partial charge in [-0.1, -0.05) is 42.5 Å². The molecule has 24 heavy (non-hydrogen) atoms. The molecule has 0 atom stereocenters. The van der Waals surface area contributed by atoms with E-state index in [4.69, 9.17) is 18.0 Å². The number of nitrogens with one attached hydrogen (secondary N) is 1. The molecule has 3 N–H and O–H groups in total. The van der Waals surface area contributed by atoms with Crippen LogP contribution in [0.3, 0.4) is 0 Å². The number of nitrogens with two attached hydrogens (primary N) is 1. The number of aryl methyl sites for hydroxylation is 2. The maximum Gasteiger partial charge on any atom is 0.219 e. The van der Waals surface area contributed by atoms with Crippen molar-refractivity contribution in [2.45, 2.75) is 26.8 Å². The van der Waals surface area contributed by atoms with Crippen LogP contribution in [0.4, 0.5) is 5.69 Å². The molecular formula is C19H23N3OS. The van der Waals surface area contributed by atoms with Gasteiger partial charge in [0.15, 0.2) is 5.11 Å². The van der Waals surface area contributed by atoms with Gasteiger partial charge in [0.25, 0.3) is 0 Å². The van der Waals surface area contributed by atoms with Crippen LogP contribution >= 0.6 is 12.2 Å². The minimum atomic E-state index is -0.331. The number of hydrogen-bond donors (Lipinski definition) is 2. The van der Waals surface area contributed by atoms with Gasteiger partial charge in [-0.15, -0.1) is 0 Å². The highest BCUT2D eigenvalue weighted by Crippen LogP contribution is 2.17. The number of amides is 1. The molecule has 0 saturated carbocycles. The van der Waals surface area contributed by atoms with Crippen molar-refractivity contribution >= 4 is 28.9 Å². The van der Waals surface area contributed by atoms with Crippen molar-refractivity contribution in [1.82, 2.24) is 4.90 Å². The number of anilines is 1. The van der Waals surface area contributed by atoms with Crippen molar-refractivity contribution in [3.63, 3.8) is 0 Å². The van der Waals surface area contributed by atoms with Gasteiger partial charge in [-0.25, -0.2) is 0 Å². The Hall–Kier alpha value is -2.40. The summed E-state index contributed by atoms with van der Waals surface area (Å²) in [6, 6.07) is 16.2. The molecule has 4 nitrogen and oxygen atoms in total. The number of hydrogen-bond acceptors (Lipinski definition) is 2. The molecule has 1 amide bonds. The number of nitrogens with zero attached hydrogens (tertiary/aromatic N) is 1. The van der Waals surface area contributed by atoms with E-state index < -0.39 is 0 Å². The van der Waals surface area contributed by atoms with Crippen LogP contribution in [0.5, 0.6) is 0 Å². The zero-order valence-electron chi connectivity index (χ0n) is 14.1. The molecular weight excluding hydrogens is 318 g/mol. The Bertz CT molecular complexity index is 716. The number of carbonyl (C=O) groups is 1. The summed E-state index contributed by atoms with van der Waals surface area (Å²) in [6.45, 7) is 5.20. The first kappa shape index (κ1) is 17.9. The lowest BCUT2D eigenvalue weighted by molar-refractivity contribution is -0.118. The van der Waals surface area contributed by atoms with Gasteiger partial charge in [0.1, 0.15) is 0 Å². The van der Waals surface area contributed by atoms with E-state index in [-0.39, 0.29) is 12.3 Å². The van der Waals surface area contributed by atoms with Crippen molar-refractivity contribution < 1.29 is 4.79 Å². The monoisotopic (exact) mass is 341 g/mol. The number of primary amides is 1. The maximum atomic E-state index is 11.2. The smallest absolute Gasteiger partial charge is 0.219 e. The average molecular weight is 341 g/mol. The van der Waals surface area contributed by atoms with Crippen LogP contribution in [0.1, 0.15) is 23.1 Å². The number of rotatable bonds is 6. The zero-order valence-corrected chi connectivity index (χ0v) is 14.9. The molecule has 0 heterocycles. The Balaban J connectivity index is 2.13. The Kier molecular flexibility index (Phi) is 6.32. The van der Waals surface area contributed by atoms with Crippen molar-refractivity contribution in [2.24, 2.45) is 5.73 Å². The summed E-state index contributed by atoms with van der Waals surface area (Å²) in [4.78, 5) is 13.1. The Morgan fingerprint density at radius 2 is 1.88 bits per heavy atom. The molecule has 0 aromatic heterocycles. The molecule has 5 heteroatoms. The van der Waals surface area contributed by atoms with E-state index in [1.165, 1.54) is 0 Å². The molecule has 0 saturated heterocycles. The van der Waals surface area contributed by atoms with E-state index >= 15 is 0 Å². The minimum absolute atomic E-state index is 0.265. The molecule has 2 aromatic rings. The largest absolute Gasteiger partial charge is 0.370 e. The highest BCUT2D eigenvalue weighted by Gasteiger charge is 2.13. The second-order valence-electron chi connectivity index (χ2n) is 5.87. The fraction of sp³-hybridized carbons (Fsp3) is 0.263. The second kappa shape index (κ2) is 8.45. The predicted octanol–water partition coefficient (Wildman–Crippen LogP) is 3.38. The molecule has 0 spiro atoms. The molecule has 2 aromatic carbocycles. The van der Waals surface area contributed by atoms with Crippen molar-refractivity contribution in [1.29, 1.82) is 0 Å². The van der Waals surface area contributed by atoms with E-state index in [2.05, 4.69) is 23.5 Å². The fourth-order valence-electron chi connectivity index (χ4n) is 2.37. The Morgan fingerprint density at radius 1 is 1.17 bits per heavy atom. The first-order chi connectivity index (χ1) is 11.5. The van der Waals surface area contributed by atoms with Gasteiger partial charge in [0.2, 0.25) is 5.91 Å². The molecule has 126 valence electrons. The Labute approximate surface area is 148 Å². The summed E-state index contributed by atoms with van der Waals surface area (Å²) in [5.41, 5.74) is 9.70. The second-order valence-corrected chi connectivity index (χ2v) is 6.26. The lowest BCUT2D eigenvalue weighted by Crippen LogP contribution is -2.36. The predicted molar refractivity (Wildman–Crippen MR) is 103 cm³/mol. The number of benzene rings is 2. The molecule has 0 fully saturated rings. The summed E-state index contributed by atoms with van der Waals surface area (Å²) < 4.78 is 0. The summed E-state index contributed by atoms with van der Waals surface area (Å²) in [7, 11) is 0. The standard InChI is InChI=1S/C19H23N3OS/c1-14-8-9-15(2)17(12-14)21-19(24)22(11-10-18(20)23)13-16-6-4-3-5-7-16/h3-9,12H,10-11,13H2,1-2H3,(H2,20,23)(H,21,24). The van der Waals surface area contributed by atoms with E-state index in [0.29, 0.717) is 18.2 Å². The average Bonchev–Trinajstić information content (AvgIpc) is 2.55. The summed E-state index contributed by atoms with van der Waals surface area (Å²) >= 11 is 5.57. The lowest BCUT2D eigenvalue weighted by atomic mass is 10.1. The van der Waals surface area contributed by atoms with Gasteiger partial charge in [-0.2, -0.15) is 0 Å². The summed E-state index contributed by atoms with van der Waals surface area (Å²) in [6.07, 6.45) is 0.265. The van der Waals surface area contributed by atoms with Gasteiger partial charge in [0.05, 0.1) is 0 Å². The van der Waals surface area contributed by atoms with Crippen LogP contribution < -0.4 is 11.1 Å². The SMILES string of the molecule is Cc1ccc(C)c(NC(=S)N(CCC(N)=O)Cc2ccccc2)c1. The van der Waals surface area contributed by atoms with Gasteiger partial charge >= 0.3 is 0 Å². The molecule has 0 aliphatic rings. The van der Waals surface area contributed by atoms with Crippen molar-refractivity contribution in [3.8, 4) is 0 Å². The van der Waals surface area contributed by atoms with Crippen LogP contribution in [0.15, 0.2) is 48.5 Å². The Morgan fingerprint density at radius 3 is 2.54 bits per heavy atom. The van der Waals surface area contributed by atoms with E-state index in [1.807, 2.05) is 49.1 Å². The van der Waals surface area contributed by atoms with Crippen LogP contribution in [-0.2, 0) is 11.3 Å². The third kappa shape index (κ3) is 5.35. The zero-order chi connectivity index (χ0) is 17.5. The summed E-state index contributed by atoms with van der Waals surface area (Å²) in [5, 5.41) is 3.89. The lowest BCUT2D eigenvalue weighted by Gasteiger charge is -2.26. The topological polar surface area (TPSA) is 58.4 Å². The normalized spacial score (nSPS) is 10.2. The first-order valence-corrected chi connectivity index (χ1v) is 8.32. The molecule has 0 unspecified atom stereocenters. The minimum Gasteiger partial charge on any atom is -0.370 e. The molecule has 0 bridgehead atoms. The molecule has 0 radical (unpaired) electrons. The van der Waals surface area contributed by atoms with Crippen molar-refractivity contribution in [2.75, 3.05) is 11.9 Å². The van der Waals surface area contributed by atoms with Crippen LogP contribution in [0.25, 0.3) is 0 Å². The molecule has 0 aliphatic carbocycles. The number of carbonyl (C=O) groups excluding carboxylic acids is 1. The third-order valence-corrected chi connectivity index (χ3v) is 4.13. The maximum absolute atomic E-state index is 11.2. The van der Waals surface area contributed by atoms with E-state index in [9.17, 15) is 4.79 Å². The van der Waals surface area contributed by atoms with Crippen LogP contribution in [0, 0.1) is 13.8 Å². The molecule has 0 aliphatic heterocycles. The van der Waals surface area contributed by atoms with E-state index in [0.717, 1.165) is 22.4 Å². The highest BCUT2D eigenvalue weighted by atomic mass is 32.1. The quantitative estimate of drug-likeness (QED) is 0.791. The van der Waals surface area contributed by atoms with Gasteiger partial charge < -0.3 is 16.0 Å². The third-order valence-electron chi connectivity index (χ3n) is 3.77. The van der Waals surface area contributed by atoms with Crippen LogP contribution in [-0.4, -0.2) is 22.5 Å². The van der Waals surface area contributed by atoms with Gasteiger partial charge in [-0.3, -0.25) is 4.79 Å². The van der Waals surface area contributed by atoms with Crippen LogP contribution in [0.2, 0.25) is 0 Å².